The number of benzene rings is 1. The Labute approximate surface area is 113 Å². The summed E-state index contributed by atoms with van der Waals surface area (Å²) in [4.78, 5) is 15.0. The van der Waals surface area contributed by atoms with Gasteiger partial charge in [0.2, 0.25) is 0 Å². The van der Waals surface area contributed by atoms with Gasteiger partial charge in [-0.3, -0.25) is 9.63 Å². The molecule has 0 saturated heterocycles. The van der Waals surface area contributed by atoms with Crippen molar-refractivity contribution in [3.8, 4) is 5.75 Å². The van der Waals surface area contributed by atoms with Gasteiger partial charge in [0.05, 0.1) is 4.47 Å². The number of hydrogen-bond acceptors (Lipinski definition) is 3. The summed E-state index contributed by atoms with van der Waals surface area (Å²) in [6.07, 6.45) is -4.53. The first-order chi connectivity index (χ1) is 8.78. The fourth-order valence-corrected chi connectivity index (χ4v) is 1.43. The molecule has 0 bridgehead atoms. The van der Waals surface area contributed by atoms with E-state index in [-0.39, 0.29) is 10.2 Å². The number of nitrogens with one attached hydrogen (secondary N) is 1. The van der Waals surface area contributed by atoms with Crippen LogP contribution in [-0.2, 0) is 9.63 Å². The highest BCUT2D eigenvalue weighted by Gasteiger charge is 2.28. The molecule has 1 aromatic rings. The summed E-state index contributed by atoms with van der Waals surface area (Å²) in [6.45, 7) is -2.17. The third-order valence-electron chi connectivity index (χ3n) is 1.67. The predicted molar refractivity (Wildman–Crippen MR) is 59.7 cm³/mol. The molecule has 0 fully saturated rings. The van der Waals surface area contributed by atoms with E-state index < -0.39 is 31.1 Å². The standard InChI is InChI=1S/C10H8BrF4NO3/c11-7-3-6(12)1-2-8(7)18-4-9(17)16-19-5-10(13,14)15/h1-3H,4-5H2,(H,16,17). The van der Waals surface area contributed by atoms with Crippen LogP contribution in [0.5, 0.6) is 5.75 Å². The van der Waals surface area contributed by atoms with Crippen molar-refractivity contribution in [2.75, 3.05) is 13.2 Å². The van der Waals surface area contributed by atoms with Crippen molar-refractivity contribution < 1.29 is 31.9 Å². The molecule has 106 valence electrons. The first-order valence-corrected chi connectivity index (χ1v) is 5.62. The second kappa shape index (κ2) is 6.71. The third kappa shape index (κ3) is 6.39. The van der Waals surface area contributed by atoms with E-state index in [9.17, 15) is 22.4 Å². The Bertz CT molecular complexity index is 453. The van der Waals surface area contributed by atoms with E-state index in [1.54, 1.807) is 5.48 Å². The number of alkyl halides is 3. The van der Waals surface area contributed by atoms with E-state index in [0.29, 0.717) is 0 Å². The number of hydroxylamine groups is 1. The van der Waals surface area contributed by atoms with Crippen LogP contribution in [-0.4, -0.2) is 25.3 Å². The summed E-state index contributed by atoms with van der Waals surface area (Å²) < 4.78 is 53.1. The molecule has 1 aromatic carbocycles. The number of amides is 1. The molecule has 0 spiro atoms. The Kier molecular flexibility index (Phi) is 5.55. The van der Waals surface area contributed by atoms with Gasteiger partial charge in [-0.2, -0.15) is 13.2 Å². The normalized spacial score (nSPS) is 11.2. The largest absolute Gasteiger partial charge is 0.483 e. The maximum absolute atomic E-state index is 12.7. The van der Waals surface area contributed by atoms with Crippen LogP contribution in [0.4, 0.5) is 17.6 Å². The Morgan fingerprint density at radius 1 is 1.37 bits per heavy atom. The minimum Gasteiger partial charge on any atom is -0.483 e. The maximum Gasteiger partial charge on any atom is 0.414 e. The van der Waals surface area contributed by atoms with Crippen molar-refractivity contribution in [3.63, 3.8) is 0 Å². The topological polar surface area (TPSA) is 47.6 Å². The number of carbonyl (C=O) groups excluding carboxylic acids is 1. The van der Waals surface area contributed by atoms with Gasteiger partial charge in [0.1, 0.15) is 11.6 Å². The van der Waals surface area contributed by atoms with Crippen LogP contribution in [0.15, 0.2) is 22.7 Å². The lowest BCUT2D eigenvalue weighted by atomic mass is 10.3. The minimum atomic E-state index is -4.53. The molecule has 0 atom stereocenters. The molecule has 19 heavy (non-hydrogen) atoms. The van der Waals surface area contributed by atoms with Crippen LogP contribution in [0.1, 0.15) is 0 Å². The van der Waals surface area contributed by atoms with Crippen LogP contribution in [0.3, 0.4) is 0 Å². The lowest BCUT2D eigenvalue weighted by molar-refractivity contribution is -0.192. The minimum absolute atomic E-state index is 0.173. The summed E-state index contributed by atoms with van der Waals surface area (Å²) in [6, 6.07) is 3.49. The van der Waals surface area contributed by atoms with Crippen LogP contribution in [0.2, 0.25) is 0 Å². The summed E-state index contributed by atoms with van der Waals surface area (Å²) in [7, 11) is 0. The summed E-state index contributed by atoms with van der Waals surface area (Å²) in [5, 5.41) is 0. The number of carbonyl (C=O) groups is 1. The summed E-state index contributed by atoms with van der Waals surface area (Å²) in [5.74, 6) is -1.23. The molecular formula is C10H8BrF4NO3. The summed E-state index contributed by atoms with van der Waals surface area (Å²) >= 11 is 3.00. The Balaban J connectivity index is 2.34. The highest BCUT2D eigenvalue weighted by molar-refractivity contribution is 9.10. The molecule has 0 radical (unpaired) electrons. The van der Waals surface area contributed by atoms with E-state index in [1.807, 2.05) is 0 Å². The third-order valence-corrected chi connectivity index (χ3v) is 2.29. The molecular weight excluding hydrogens is 338 g/mol. The van der Waals surface area contributed by atoms with Gasteiger partial charge in [-0.15, -0.1) is 0 Å². The van der Waals surface area contributed by atoms with E-state index in [2.05, 4.69) is 20.8 Å². The van der Waals surface area contributed by atoms with Gasteiger partial charge < -0.3 is 4.74 Å². The molecule has 0 unspecified atom stereocenters. The molecule has 4 nitrogen and oxygen atoms in total. The van der Waals surface area contributed by atoms with Crippen molar-refractivity contribution in [3.05, 3.63) is 28.5 Å². The van der Waals surface area contributed by atoms with Crippen molar-refractivity contribution in [2.45, 2.75) is 6.18 Å². The van der Waals surface area contributed by atoms with Gasteiger partial charge in [-0.1, -0.05) is 0 Å². The molecule has 1 amide bonds. The predicted octanol–water partition coefficient (Wildman–Crippen LogP) is 2.58. The first-order valence-electron chi connectivity index (χ1n) is 4.83. The van der Waals surface area contributed by atoms with Crippen molar-refractivity contribution in [1.29, 1.82) is 0 Å². The number of rotatable bonds is 5. The number of ether oxygens (including phenoxy) is 1. The van der Waals surface area contributed by atoms with E-state index in [0.717, 1.165) is 12.1 Å². The van der Waals surface area contributed by atoms with Gasteiger partial charge in [-0.25, -0.2) is 9.87 Å². The molecule has 0 aromatic heterocycles. The van der Waals surface area contributed by atoms with Crippen LogP contribution in [0.25, 0.3) is 0 Å². The van der Waals surface area contributed by atoms with Gasteiger partial charge in [0.15, 0.2) is 13.2 Å². The number of hydrogen-bond donors (Lipinski definition) is 1. The van der Waals surface area contributed by atoms with Crippen LogP contribution < -0.4 is 10.2 Å². The molecule has 0 saturated carbocycles. The molecule has 1 N–H and O–H groups in total. The molecule has 9 heteroatoms. The Morgan fingerprint density at radius 3 is 2.63 bits per heavy atom. The zero-order valence-corrected chi connectivity index (χ0v) is 10.8. The zero-order valence-electron chi connectivity index (χ0n) is 9.26. The van der Waals surface area contributed by atoms with Crippen molar-refractivity contribution in [2.24, 2.45) is 0 Å². The zero-order chi connectivity index (χ0) is 14.5. The quantitative estimate of drug-likeness (QED) is 0.659. The first kappa shape index (κ1) is 15.7. The van der Waals surface area contributed by atoms with Gasteiger partial charge in [0, 0.05) is 0 Å². The summed E-state index contributed by atoms with van der Waals surface area (Å²) in [5.41, 5.74) is 1.57. The Morgan fingerprint density at radius 2 is 2.05 bits per heavy atom. The van der Waals surface area contributed by atoms with Crippen molar-refractivity contribution in [1.82, 2.24) is 5.48 Å². The fraction of sp³-hybridized carbons (Fsp3) is 0.300. The fourth-order valence-electron chi connectivity index (χ4n) is 0.963. The lowest BCUT2D eigenvalue weighted by Gasteiger charge is -2.10. The van der Waals surface area contributed by atoms with Crippen molar-refractivity contribution >= 4 is 21.8 Å². The molecule has 0 aliphatic rings. The van der Waals surface area contributed by atoms with E-state index >= 15 is 0 Å². The molecule has 1 rings (SSSR count). The highest BCUT2D eigenvalue weighted by Crippen LogP contribution is 2.25. The van der Waals surface area contributed by atoms with Gasteiger partial charge in [-0.05, 0) is 34.1 Å². The maximum atomic E-state index is 12.7. The smallest absolute Gasteiger partial charge is 0.414 e. The Hall–Kier alpha value is -1.35. The molecule has 0 aliphatic heterocycles. The average molecular weight is 346 g/mol. The van der Waals surface area contributed by atoms with E-state index in [1.165, 1.54) is 6.07 Å². The van der Waals surface area contributed by atoms with Gasteiger partial charge in [0.25, 0.3) is 5.91 Å². The average Bonchev–Trinajstić information content (AvgIpc) is 2.26. The second-order valence-corrected chi connectivity index (χ2v) is 4.15. The van der Waals surface area contributed by atoms with E-state index in [4.69, 9.17) is 4.74 Å². The lowest BCUT2D eigenvalue weighted by Crippen LogP contribution is -2.32. The van der Waals surface area contributed by atoms with Gasteiger partial charge >= 0.3 is 6.18 Å². The molecule has 0 heterocycles. The molecule has 0 aliphatic carbocycles. The van der Waals surface area contributed by atoms with Crippen LogP contribution >= 0.6 is 15.9 Å². The highest BCUT2D eigenvalue weighted by atomic mass is 79.9. The second-order valence-electron chi connectivity index (χ2n) is 3.29. The van der Waals surface area contributed by atoms with Crippen LogP contribution in [0, 0.1) is 5.82 Å². The SMILES string of the molecule is O=C(COc1ccc(F)cc1Br)NOCC(F)(F)F. The number of halogens is 5. The monoisotopic (exact) mass is 345 g/mol.